The molecular formula is C14H17N3O5S. The summed E-state index contributed by atoms with van der Waals surface area (Å²) in [6.07, 6.45) is -0.213. The molecule has 0 radical (unpaired) electrons. The zero-order valence-electron chi connectivity index (χ0n) is 12.5. The summed E-state index contributed by atoms with van der Waals surface area (Å²) in [5, 5.41) is 2.36. The smallest absolute Gasteiger partial charge is 0.240 e. The number of rotatable bonds is 4. The molecule has 0 fully saturated rings. The molecule has 1 aromatic carbocycles. The van der Waals surface area contributed by atoms with Crippen molar-refractivity contribution in [2.45, 2.75) is 24.3 Å². The van der Waals surface area contributed by atoms with Gasteiger partial charge >= 0.3 is 0 Å². The molecular weight excluding hydrogens is 322 g/mol. The third-order valence-electron chi connectivity index (χ3n) is 3.48. The van der Waals surface area contributed by atoms with Gasteiger partial charge in [0.25, 0.3) is 0 Å². The van der Waals surface area contributed by atoms with Gasteiger partial charge in [-0.1, -0.05) is 12.1 Å². The number of amides is 3. The summed E-state index contributed by atoms with van der Waals surface area (Å²) in [5.41, 5.74) is 5.23. The molecule has 0 aliphatic carbocycles. The van der Waals surface area contributed by atoms with Crippen LogP contribution in [0.1, 0.15) is 13.3 Å². The topological polar surface area (TPSA) is 127 Å². The Kier molecular flexibility index (Phi) is 4.69. The third-order valence-corrected chi connectivity index (χ3v) is 5.24. The Hall–Kier alpha value is -2.42. The normalized spacial score (nSPS) is 17.8. The highest BCUT2D eigenvalue weighted by Gasteiger charge is 2.31. The Bertz CT molecular complexity index is 759. The summed E-state index contributed by atoms with van der Waals surface area (Å²) in [7, 11) is -3.58. The lowest BCUT2D eigenvalue weighted by molar-refractivity contribution is -0.127. The van der Waals surface area contributed by atoms with Gasteiger partial charge in [-0.3, -0.25) is 14.4 Å². The molecule has 1 heterocycles. The van der Waals surface area contributed by atoms with Crippen LogP contribution in [0.15, 0.2) is 29.2 Å². The lowest BCUT2D eigenvalue weighted by atomic mass is 10.2. The van der Waals surface area contributed by atoms with Crippen LogP contribution in [0.2, 0.25) is 0 Å². The fraction of sp³-hybridized carbons (Fsp3) is 0.357. The average molecular weight is 339 g/mol. The van der Waals surface area contributed by atoms with Gasteiger partial charge in [0.05, 0.1) is 16.3 Å². The fourth-order valence-electron chi connectivity index (χ4n) is 2.22. The van der Waals surface area contributed by atoms with E-state index in [0.29, 0.717) is 0 Å². The molecule has 0 spiro atoms. The predicted molar refractivity (Wildman–Crippen MR) is 82.3 cm³/mol. The zero-order chi connectivity index (χ0) is 17.2. The van der Waals surface area contributed by atoms with Crippen LogP contribution in [-0.4, -0.2) is 44.5 Å². The van der Waals surface area contributed by atoms with E-state index in [1.54, 1.807) is 12.1 Å². The van der Waals surface area contributed by atoms with Gasteiger partial charge in [0.2, 0.25) is 17.7 Å². The summed E-state index contributed by atoms with van der Waals surface area (Å²) < 4.78 is 24.4. The highest BCUT2D eigenvalue weighted by molar-refractivity contribution is 7.91. The second-order valence-corrected chi connectivity index (χ2v) is 7.29. The van der Waals surface area contributed by atoms with Gasteiger partial charge in [-0.15, -0.1) is 0 Å². The molecule has 9 heteroatoms. The van der Waals surface area contributed by atoms with Gasteiger partial charge in [-0.05, 0) is 19.1 Å². The van der Waals surface area contributed by atoms with E-state index in [1.807, 2.05) is 0 Å². The summed E-state index contributed by atoms with van der Waals surface area (Å²) in [5.74, 6) is -2.08. The molecule has 0 aromatic heterocycles. The van der Waals surface area contributed by atoms with Crippen LogP contribution in [0.25, 0.3) is 0 Å². The molecule has 0 saturated carbocycles. The van der Waals surface area contributed by atoms with Crippen LogP contribution >= 0.6 is 0 Å². The molecule has 1 aromatic rings. The first kappa shape index (κ1) is 16.9. The SMILES string of the molecule is C[C@@H](NC(=O)CN1C(=O)CCS(=O)(=O)c2ccccc21)C(N)=O. The average Bonchev–Trinajstić information content (AvgIpc) is 2.58. The number of fused-ring (bicyclic) bond motifs is 1. The minimum Gasteiger partial charge on any atom is -0.368 e. The molecule has 0 unspecified atom stereocenters. The van der Waals surface area contributed by atoms with Gasteiger partial charge in [-0.2, -0.15) is 0 Å². The number of nitrogens with zero attached hydrogens (tertiary/aromatic N) is 1. The standard InChI is InChI=1S/C14H17N3O5S/c1-9(14(15)20)16-12(18)8-17-10-4-2-3-5-11(10)23(21,22)7-6-13(17)19/h2-5,9H,6-8H2,1H3,(H2,15,20)(H,16,18)/t9-/m1/s1. The molecule has 1 atom stereocenters. The van der Waals surface area contributed by atoms with Crippen LogP contribution in [0.4, 0.5) is 5.69 Å². The number of primary amides is 1. The molecule has 124 valence electrons. The molecule has 0 saturated heterocycles. The largest absolute Gasteiger partial charge is 0.368 e. The van der Waals surface area contributed by atoms with Crippen molar-refractivity contribution in [3.8, 4) is 0 Å². The molecule has 23 heavy (non-hydrogen) atoms. The lowest BCUT2D eigenvalue weighted by Crippen LogP contribution is -2.47. The van der Waals surface area contributed by atoms with Crippen LogP contribution in [0, 0.1) is 0 Å². The van der Waals surface area contributed by atoms with Gasteiger partial charge in [-0.25, -0.2) is 8.42 Å². The van der Waals surface area contributed by atoms with E-state index in [0.717, 1.165) is 4.90 Å². The van der Waals surface area contributed by atoms with Crippen molar-refractivity contribution in [3.63, 3.8) is 0 Å². The number of sulfone groups is 1. The minimum atomic E-state index is -3.58. The van der Waals surface area contributed by atoms with Crippen LogP contribution < -0.4 is 16.0 Å². The highest BCUT2D eigenvalue weighted by atomic mass is 32.2. The number of para-hydroxylation sites is 1. The van der Waals surface area contributed by atoms with Crippen molar-refractivity contribution in [2.24, 2.45) is 5.73 Å². The summed E-state index contributed by atoms with van der Waals surface area (Å²) in [6.45, 7) is 1.03. The molecule has 0 bridgehead atoms. The highest BCUT2D eigenvalue weighted by Crippen LogP contribution is 2.29. The maximum absolute atomic E-state index is 12.2. The molecule has 8 nitrogen and oxygen atoms in total. The summed E-state index contributed by atoms with van der Waals surface area (Å²) in [4.78, 5) is 36.3. The van der Waals surface area contributed by atoms with Gasteiger partial charge in [0.1, 0.15) is 12.6 Å². The maximum atomic E-state index is 12.2. The maximum Gasteiger partial charge on any atom is 0.240 e. The monoisotopic (exact) mass is 339 g/mol. The second-order valence-electron chi connectivity index (χ2n) is 5.21. The molecule has 3 amide bonds. The van der Waals surface area contributed by atoms with E-state index in [9.17, 15) is 22.8 Å². The second kappa shape index (κ2) is 6.37. The van der Waals surface area contributed by atoms with E-state index in [1.165, 1.54) is 19.1 Å². The van der Waals surface area contributed by atoms with Crippen molar-refractivity contribution in [1.82, 2.24) is 5.32 Å². The van der Waals surface area contributed by atoms with E-state index in [2.05, 4.69) is 5.32 Å². The van der Waals surface area contributed by atoms with Crippen molar-refractivity contribution in [3.05, 3.63) is 24.3 Å². The fourth-order valence-corrected chi connectivity index (χ4v) is 3.67. The van der Waals surface area contributed by atoms with Crippen molar-refractivity contribution >= 4 is 33.2 Å². The number of hydrogen-bond donors (Lipinski definition) is 2. The van der Waals surface area contributed by atoms with E-state index in [-0.39, 0.29) is 29.3 Å². The first-order chi connectivity index (χ1) is 10.7. The van der Waals surface area contributed by atoms with Crippen LogP contribution in [0.3, 0.4) is 0 Å². The molecule has 3 N–H and O–H groups in total. The quantitative estimate of drug-likeness (QED) is 0.741. The van der Waals surface area contributed by atoms with Crippen LogP contribution in [-0.2, 0) is 24.2 Å². The summed E-state index contributed by atoms with van der Waals surface area (Å²) in [6, 6.07) is 5.13. The third kappa shape index (κ3) is 3.67. The number of hydrogen-bond acceptors (Lipinski definition) is 5. The van der Waals surface area contributed by atoms with Gasteiger partial charge in [0, 0.05) is 6.42 Å². The van der Waals surface area contributed by atoms with Crippen molar-refractivity contribution < 1.29 is 22.8 Å². The first-order valence-corrected chi connectivity index (χ1v) is 8.58. The Labute approximate surface area is 133 Å². The van der Waals surface area contributed by atoms with Crippen molar-refractivity contribution in [1.29, 1.82) is 0 Å². The Balaban J connectivity index is 2.31. The van der Waals surface area contributed by atoms with Crippen LogP contribution in [0.5, 0.6) is 0 Å². The predicted octanol–water partition coefficient (Wildman–Crippen LogP) is -0.813. The first-order valence-electron chi connectivity index (χ1n) is 6.93. The Morgan fingerprint density at radius 3 is 2.65 bits per heavy atom. The molecule has 1 aliphatic rings. The molecule has 2 rings (SSSR count). The molecule has 1 aliphatic heterocycles. The number of nitrogens with two attached hydrogens (primary N) is 1. The zero-order valence-corrected chi connectivity index (χ0v) is 13.3. The number of nitrogens with one attached hydrogen (secondary N) is 1. The van der Waals surface area contributed by atoms with Gasteiger partial charge < -0.3 is 16.0 Å². The Morgan fingerprint density at radius 1 is 1.35 bits per heavy atom. The number of anilines is 1. The van der Waals surface area contributed by atoms with E-state index >= 15 is 0 Å². The lowest BCUT2D eigenvalue weighted by Gasteiger charge is -2.22. The number of carbonyl (C=O) groups is 3. The van der Waals surface area contributed by atoms with E-state index < -0.39 is 33.6 Å². The summed E-state index contributed by atoms with van der Waals surface area (Å²) >= 11 is 0. The van der Waals surface area contributed by atoms with E-state index in [4.69, 9.17) is 5.73 Å². The number of carbonyl (C=O) groups excluding carboxylic acids is 3. The minimum absolute atomic E-state index is 0.0154. The van der Waals surface area contributed by atoms with Gasteiger partial charge in [0.15, 0.2) is 9.84 Å². The number of benzene rings is 1. The van der Waals surface area contributed by atoms with Crippen molar-refractivity contribution in [2.75, 3.05) is 17.2 Å². The Morgan fingerprint density at radius 2 is 2.00 bits per heavy atom.